The molecule has 0 aromatic carbocycles. The largest absolute Gasteiger partial charge is 0.380 e. The van der Waals surface area contributed by atoms with E-state index >= 15 is 0 Å². The van der Waals surface area contributed by atoms with Gasteiger partial charge in [-0.25, -0.2) is 4.98 Å². The van der Waals surface area contributed by atoms with E-state index in [9.17, 15) is 4.79 Å². The molecule has 1 atom stereocenters. The summed E-state index contributed by atoms with van der Waals surface area (Å²) >= 11 is 1.67. The maximum absolute atomic E-state index is 11.6. The molecule has 5 nitrogen and oxygen atoms in total. The zero-order chi connectivity index (χ0) is 14.3. The Kier molecular flexibility index (Phi) is 13.3. The number of hydrogen-bond acceptors (Lipinski definition) is 5. The minimum atomic E-state index is -0.202. The second-order valence-electron chi connectivity index (χ2n) is 4.73. The van der Waals surface area contributed by atoms with Gasteiger partial charge in [0.25, 0.3) is 0 Å². The number of hydrogen-bond donors (Lipinski definition) is 2. The molecular weight excluding hydrogens is 333 g/mol. The molecule has 1 unspecified atom stereocenters. The molecule has 0 saturated heterocycles. The summed E-state index contributed by atoms with van der Waals surface area (Å²) in [6.45, 7) is 5.21. The molecule has 0 aliphatic carbocycles. The van der Waals surface area contributed by atoms with Crippen LogP contribution < -0.4 is 11.1 Å². The summed E-state index contributed by atoms with van der Waals surface area (Å²) in [5.41, 5.74) is 6.51. The predicted molar refractivity (Wildman–Crippen MR) is 91.9 cm³/mol. The number of carbonyl (C=O) groups is 1. The van der Waals surface area contributed by atoms with E-state index in [1.807, 2.05) is 0 Å². The van der Waals surface area contributed by atoms with Crippen LogP contribution >= 0.6 is 36.2 Å². The lowest BCUT2D eigenvalue weighted by molar-refractivity contribution is -0.123. The van der Waals surface area contributed by atoms with E-state index in [0.717, 1.165) is 17.1 Å². The van der Waals surface area contributed by atoms with Gasteiger partial charge in [0.15, 0.2) is 0 Å². The molecule has 124 valence electrons. The van der Waals surface area contributed by atoms with Crippen molar-refractivity contribution in [2.45, 2.75) is 38.7 Å². The van der Waals surface area contributed by atoms with Crippen LogP contribution in [0.25, 0.3) is 0 Å². The van der Waals surface area contributed by atoms with E-state index in [-0.39, 0.29) is 36.8 Å². The van der Waals surface area contributed by atoms with Gasteiger partial charge in [-0.1, -0.05) is 13.8 Å². The molecule has 0 spiro atoms. The molecule has 0 aliphatic heterocycles. The number of nitrogens with zero attached hydrogens (tertiary/aromatic N) is 1. The molecule has 1 heterocycles. The third-order valence-electron chi connectivity index (χ3n) is 2.78. The molecule has 8 heteroatoms. The molecule has 3 N–H and O–H groups in total. The van der Waals surface area contributed by atoms with Gasteiger partial charge in [-0.3, -0.25) is 4.79 Å². The molecule has 21 heavy (non-hydrogen) atoms. The van der Waals surface area contributed by atoms with Gasteiger partial charge in [-0.15, -0.1) is 36.2 Å². The number of aromatic nitrogens is 1. The second kappa shape index (κ2) is 12.2. The van der Waals surface area contributed by atoms with Gasteiger partial charge in [0.05, 0.1) is 23.2 Å². The first-order valence-electron chi connectivity index (χ1n) is 6.50. The van der Waals surface area contributed by atoms with Crippen molar-refractivity contribution in [3.05, 3.63) is 16.1 Å². The van der Waals surface area contributed by atoms with Crippen LogP contribution in [0.1, 0.15) is 36.9 Å². The van der Waals surface area contributed by atoms with Crippen LogP contribution in [-0.4, -0.2) is 37.2 Å². The minimum Gasteiger partial charge on any atom is -0.380 e. The predicted octanol–water partition coefficient (Wildman–Crippen LogP) is 2.13. The molecule has 0 bridgehead atoms. The van der Waals surface area contributed by atoms with E-state index in [1.165, 1.54) is 0 Å². The Labute approximate surface area is 142 Å². The van der Waals surface area contributed by atoms with Crippen molar-refractivity contribution < 1.29 is 9.53 Å². The van der Waals surface area contributed by atoms with Gasteiger partial charge in [0, 0.05) is 37.9 Å². The molecule has 1 aromatic rings. The standard InChI is InChI=1S/C13H23N3O2S.2ClH/c1-9(2)13-16-10(8-19-13)4-5-15-12(17)6-11(7-14)18-3;;/h8-9,11H,4-7,14H2,1-3H3,(H,15,17);2*1H. The number of thiazole rings is 1. The highest BCUT2D eigenvalue weighted by molar-refractivity contribution is 7.09. The number of amides is 1. The van der Waals surface area contributed by atoms with Crippen molar-refractivity contribution >= 4 is 42.1 Å². The molecular formula is C13H25Cl2N3O2S. The van der Waals surface area contributed by atoms with E-state index in [2.05, 4.69) is 29.5 Å². The number of ether oxygens (including phenoxy) is 1. The zero-order valence-corrected chi connectivity index (χ0v) is 15.1. The maximum Gasteiger partial charge on any atom is 0.222 e. The van der Waals surface area contributed by atoms with Crippen LogP contribution in [-0.2, 0) is 16.0 Å². The lowest BCUT2D eigenvalue weighted by Crippen LogP contribution is -2.33. The summed E-state index contributed by atoms with van der Waals surface area (Å²) < 4.78 is 5.07. The Morgan fingerprint density at radius 2 is 2.14 bits per heavy atom. The second-order valence-corrected chi connectivity index (χ2v) is 5.62. The maximum atomic E-state index is 11.6. The van der Waals surface area contributed by atoms with Crippen LogP contribution in [0.15, 0.2) is 5.38 Å². The van der Waals surface area contributed by atoms with Crippen LogP contribution in [0.4, 0.5) is 0 Å². The molecule has 0 aliphatic rings. The highest BCUT2D eigenvalue weighted by Gasteiger charge is 2.11. The SMILES string of the molecule is COC(CN)CC(=O)NCCc1csc(C(C)C)n1.Cl.Cl. The molecule has 1 rings (SSSR count). The zero-order valence-electron chi connectivity index (χ0n) is 12.6. The first-order valence-corrected chi connectivity index (χ1v) is 7.38. The van der Waals surface area contributed by atoms with Gasteiger partial charge in [-0.05, 0) is 0 Å². The number of carbonyl (C=O) groups excluding carboxylic acids is 1. The average molecular weight is 358 g/mol. The van der Waals surface area contributed by atoms with Crippen molar-refractivity contribution in [3.8, 4) is 0 Å². The molecule has 0 radical (unpaired) electrons. The van der Waals surface area contributed by atoms with Crippen molar-refractivity contribution in [2.24, 2.45) is 5.73 Å². The third kappa shape index (κ3) is 8.58. The minimum absolute atomic E-state index is 0. The fraction of sp³-hybridized carbons (Fsp3) is 0.692. The van der Waals surface area contributed by atoms with Gasteiger partial charge in [0.2, 0.25) is 5.91 Å². The third-order valence-corrected chi connectivity index (χ3v) is 3.97. The summed E-state index contributed by atoms with van der Waals surface area (Å²) in [5, 5.41) is 6.06. The Morgan fingerprint density at radius 3 is 2.62 bits per heavy atom. The Morgan fingerprint density at radius 1 is 1.48 bits per heavy atom. The van der Waals surface area contributed by atoms with Crippen molar-refractivity contribution in [2.75, 3.05) is 20.2 Å². The van der Waals surface area contributed by atoms with Gasteiger partial charge in [0.1, 0.15) is 0 Å². The summed E-state index contributed by atoms with van der Waals surface area (Å²) in [6.07, 6.45) is 0.864. The number of halogens is 2. The quantitative estimate of drug-likeness (QED) is 0.746. The van der Waals surface area contributed by atoms with Crippen LogP contribution in [0, 0.1) is 0 Å². The van der Waals surface area contributed by atoms with Crippen molar-refractivity contribution in [1.82, 2.24) is 10.3 Å². The van der Waals surface area contributed by atoms with Crippen LogP contribution in [0.5, 0.6) is 0 Å². The summed E-state index contributed by atoms with van der Waals surface area (Å²) in [6, 6.07) is 0. The van der Waals surface area contributed by atoms with Gasteiger partial charge in [-0.2, -0.15) is 0 Å². The first-order chi connectivity index (χ1) is 9.06. The topological polar surface area (TPSA) is 77.2 Å². The van der Waals surface area contributed by atoms with E-state index in [4.69, 9.17) is 10.5 Å². The number of rotatable bonds is 8. The smallest absolute Gasteiger partial charge is 0.222 e. The van der Waals surface area contributed by atoms with Crippen molar-refractivity contribution in [1.29, 1.82) is 0 Å². The average Bonchev–Trinajstić information content (AvgIpc) is 2.85. The van der Waals surface area contributed by atoms with E-state index in [0.29, 0.717) is 25.4 Å². The lowest BCUT2D eigenvalue weighted by atomic mass is 10.2. The molecule has 0 saturated carbocycles. The van der Waals surface area contributed by atoms with Gasteiger partial charge < -0.3 is 15.8 Å². The van der Waals surface area contributed by atoms with E-state index in [1.54, 1.807) is 18.4 Å². The molecule has 1 aromatic heterocycles. The molecule has 1 amide bonds. The Balaban J connectivity index is 0. The number of methoxy groups -OCH3 is 1. The Bertz CT molecular complexity index is 399. The fourth-order valence-electron chi connectivity index (χ4n) is 1.57. The number of nitrogens with one attached hydrogen (secondary N) is 1. The Hall–Kier alpha value is -0.400. The van der Waals surface area contributed by atoms with Gasteiger partial charge >= 0.3 is 0 Å². The van der Waals surface area contributed by atoms with Crippen LogP contribution in [0.3, 0.4) is 0 Å². The monoisotopic (exact) mass is 357 g/mol. The highest BCUT2D eigenvalue weighted by Crippen LogP contribution is 2.19. The lowest BCUT2D eigenvalue weighted by Gasteiger charge is -2.12. The first kappa shape index (κ1) is 22.9. The molecule has 0 fully saturated rings. The van der Waals surface area contributed by atoms with E-state index < -0.39 is 0 Å². The number of nitrogens with two attached hydrogens (primary N) is 1. The fourth-order valence-corrected chi connectivity index (χ4v) is 2.44. The highest BCUT2D eigenvalue weighted by atomic mass is 35.5. The van der Waals surface area contributed by atoms with Crippen molar-refractivity contribution in [3.63, 3.8) is 0 Å². The van der Waals surface area contributed by atoms with Crippen LogP contribution in [0.2, 0.25) is 0 Å². The summed E-state index contributed by atoms with van der Waals surface area (Å²) in [4.78, 5) is 16.1. The summed E-state index contributed by atoms with van der Waals surface area (Å²) in [5.74, 6) is 0.428. The summed E-state index contributed by atoms with van der Waals surface area (Å²) in [7, 11) is 1.56. The normalized spacial score (nSPS) is 11.5.